The maximum Gasteiger partial charge on any atom is 0.145 e. The van der Waals surface area contributed by atoms with Crippen LogP contribution in [0, 0.1) is 18.3 Å². The molecule has 0 unspecified atom stereocenters. The summed E-state index contributed by atoms with van der Waals surface area (Å²) < 4.78 is 5.84. The maximum atomic E-state index is 9.29. The molecule has 0 saturated heterocycles. The minimum atomic E-state index is 0.518. The highest BCUT2D eigenvalue weighted by Crippen LogP contribution is 2.30. The average molecular weight is 301 g/mol. The van der Waals surface area contributed by atoms with E-state index in [1.165, 1.54) is 0 Å². The van der Waals surface area contributed by atoms with Gasteiger partial charge in [-0.1, -0.05) is 30.7 Å². The van der Waals surface area contributed by atoms with Crippen LogP contribution in [0.15, 0.2) is 36.4 Å². The summed E-state index contributed by atoms with van der Waals surface area (Å²) in [6.07, 6.45) is 0. The van der Waals surface area contributed by atoms with Crippen molar-refractivity contribution in [3.63, 3.8) is 0 Å². The van der Waals surface area contributed by atoms with Crippen LogP contribution in [0.2, 0.25) is 5.02 Å². The molecular weight excluding hydrogens is 284 g/mol. The fourth-order valence-electron chi connectivity index (χ4n) is 1.94. The van der Waals surface area contributed by atoms with Crippen molar-refractivity contribution >= 4 is 11.6 Å². The number of hydrogen-bond donors (Lipinski definition) is 1. The molecule has 0 fully saturated rings. The van der Waals surface area contributed by atoms with E-state index in [0.717, 1.165) is 24.2 Å². The van der Waals surface area contributed by atoms with Gasteiger partial charge >= 0.3 is 0 Å². The lowest BCUT2D eigenvalue weighted by Gasteiger charge is -2.11. The third-order valence-corrected chi connectivity index (χ3v) is 3.35. The highest BCUT2D eigenvalue weighted by atomic mass is 35.5. The summed E-state index contributed by atoms with van der Waals surface area (Å²) in [6.45, 7) is 5.62. The third-order valence-electron chi connectivity index (χ3n) is 3.11. The van der Waals surface area contributed by atoms with E-state index >= 15 is 0 Å². The molecule has 2 rings (SSSR count). The molecule has 0 aliphatic carbocycles. The normalized spacial score (nSPS) is 10.2. The van der Waals surface area contributed by atoms with Crippen molar-refractivity contribution in [2.45, 2.75) is 20.4 Å². The molecule has 1 N–H and O–H groups in total. The Balaban J connectivity index is 2.27. The highest BCUT2D eigenvalue weighted by molar-refractivity contribution is 6.30. The summed E-state index contributed by atoms with van der Waals surface area (Å²) >= 11 is 5.99. The van der Waals surface area contributed by atoms with Gasteiger partial charge in [0.1, 0.15) is 17.6 Å². The Morgan fingerprint density at radius 1 is 1.19 bits per heavy atom. The first kappa shape index (κ1) is 15.4. The molecule has 0 radical (unpaired) electrons. The standard InChI is InChI=1S/C17H17ClN2O/c1-3-20-11-13-5-7-16(14(8-13)10-19)21-17-9-15(18)6-4-12(17)2/h4-9,20H,3,11H2,1-2H3. The van der Waals surface area contributed by atoms with Gasteiger partial charge in [-0.2, -0.15) is 5.26 Å². The summed E-state index contributed by atoms with van der Waals surface area (Å²) in [5.74, 6) is 1.21. The summed E-state index contributed by atoms with van der Waals surface area (Å²) in [4.78, 5) is 0. The van der Waals surface area contributed by atoms with E-state index in [-0.39, 0.29) is 0 Å². The number of aryl methyl sites for hydroxylation is 1. The zero-order chi connectivity index (χ0) is 15.2. The topological polar surface area (TPSA) is 45.0 Å². The van der Waals surface area contributed by atoms with Crippen molar-refractivity contribution in [2.75, 3.05) is 6.54 Å². The molecule has 0 amide bonds. The van der Waals surface area contributed by atoms with E-state index in [9.17, 15) is 5.26 Å². The molecule has 108 valence electrons. The van der Waals surface area contributed by atoms with E-state index in [0.29, 0.717) is 22.1 Å². The zero-order valence-electron chi connectivity index (χ0n) is 12.1. The molecular formula is C17H17ClN2O. The molecule has 0 bridgehead atoms. The van der Waals surface area contributed by atoms with Gasteiger partial charge in [0.05, 0.1) is 5.56 Å². The smallest absolute Gasteiger partial charge is 0.145 e. The van der Waals surface area contributed by atoms with Crippen molar-refractivity contribution in [3.8, 4) is 17.6 Å². The van der Waals surface area contributed by atoms with E-state index < -0.39 is 0 Å². The Labute approximate surface area is 130 Å². The number of halogens is 1. The number of rotatable bonds is 5. The lowest BCUT2D eigenvalue weighted by Crippen LogP contribution is -2.11. The average Bonchev–Trinajstić information content (AvgIpc) is 2.49. The number of benzene rings is 2. The van der Waals surface area contributed by atoms with Gasteiger partial charge in [0.25, 0.3) is 0 Å². The minimum Gasteiger partial charge on any atom is -0.456 e. The fourth-order valence-corrected chi connectivity index (χ4v) is 2.10. The van der Waals surface area contributed by atoms with Gasteiger partial charge in [-0.3, -0.25) is 0 Å². The zero-order valence-corrected chi connectivity index (χ0v) is 12.9. The van der Waals surface area contributed by atoms with Gasteiger partial charge in [0.15, 0.2) is 0 Å². The number of hydrogen-bond acceptors (Lipinski definition) is 3. The van der Waals surface area contributed by atoms with Crippen LogP contribution in [-0.4, -0.2) is 6.54 Å². The van der Waals surface area contributed by atoms with Gasteiger partial charge in [0, 0.05) is 11.6 Å². The number of nitrogens with one attached hydrogen (secondary N) is 1. The quantitative estimate of drug-likeness (QED) is 0.889. The van der Waals surface area contributed by atoms with Crippen molar-refractivity contribution in [3.05, 3.63) is 58.1 Å². The van der Waals surface area contributed by atoms with Crippen molar-refractivity contribution in [1.82, 2.24) is 5.32 Å². The Hall–Kier alpha value is -2.02. The van der Waals surface area contributed by atoms with Crippen LogP contribution in [0.5, 0.6) is 11.5 Å². The number of nitrogens with zero attached hydrogens (tertiary/aromatic N) is 1. The monoisotopic (exact) mass is 300 g/mol. The van der Waals surface area contributed by atoms with Gasteiger partial charge in [0.2, 0.25) is 0 Å². The predicted octanol–water partition coefficient (Wildman–Crippen LogP) is 4.42. The van der Waals surface area contributed by atoms with Gasteiger partial charge < -0.3 is 10.1 Å². The molecule has 21 heavy (non-hydrogen) atoms. The second-order valence-corrected chi connectivity index (χ2v) is 5.17. The minimum absolute atomic E-state index is 0.518. The number of nitriles is 1. The summed E-state index contributed by atoms with van der Waals surface area (Å²) in [7, 11) is 0. The van der Waals surface area contributed by atoms with Crippen molar-refractivity contribution in [1.29, 1.82) is 5.26 Å². The maximum absolute atomic E-state index is 9.29. The van der Waals surface area contributed by atoms with Crippen LogP contribution in [0.25, 0.3) is 0 Å². The fraction of sp³-hybridized carbons (Fsp3) is 0.235. The second kappa shape index (κ2) is 7.12. The van der Waals surface area contributed by atoms with Gasteiger partial charge in [-0.15, -0.1) is 0 Å². The first-order chi connectivity index (χ1) is 10.1. The Bertz CT molecular complexity index is 677. The molecule has 0 aliphatic rings. The molecule has 0 atom stereocenters. The van der Waals surface area contributed by atoms with Crippen molar-refractivity contribution < 1.29 is 4.74 Å². The van der Waals surface area contributed by atoms with Crippen LogP contribution in [0.1, 0.15) is 23.6 Å². The Morgan fingerprint density at radius 2 is 2.00 bits per heavy atom. The molecule has 2 aromatic rings. The summed E-state index contributed by atoms with van der Waals surface area (Å²) in [6, 6.07) is 13.3. The first-order valence-electron chi connectivity index (χ1n) is 6.81. The van der Waals surface area contributed by atoms with Gasteiger partial charge in [-0.05, 0) is 48.9 Å². The predicted molar refractivity (Wildman–Crippen MR) is 84.8 cm³/mol. The van der Waals surface area contributed by atoms with Crippen LogP contribution >= 0.6 is 11.6 Å². The van der Waals surface area contributed by atoms with Crippen LogP contribution in [0.4, 0.5) is 0 Å². The van der Waals surface area contributed by atoms with Crippen LogP contribution in [0.3, 0.4) is 0 Å². The third kappa shape index (κ3) is 3.98. The van der Waals surface area contributed by atoms with E-state index in [2.05, 4.69) is 11.4 Å². The first-order valence-corrected chi connectivity index (χ1v) is 7.19. The van der Waals surface area contributed by atoms with E-state index in [4.69, 9.17) is 16.3 Å². The van der Waals surface area contributed by atoms with E-state index in [1.54, 1.807) is 6.07 Å². The molecule has 0 aliphatic heterocycles. The van der Waals surface area contributed by atoms with Crippen molar-refractivity contribution in [2.24, 2.45) is 0 Å². The lowest BCUT2D eigenvalue weighted by atomic mass is 10.1. The Kier molecular flexibility index (Phi) is 5.21. The summed E-state index contributed by atoms with van der Waals surface area (Å²) in [5.41, 5.74) is 2.55. The summed E-state index contributed by atoms with van der Waals surface area (Å²) in [5, 5.41) is 13.1. The Morgan fingerprint density at radius 3 is 2.71 bits per heavy atom. The van der Waals surface area contributed by atoms with Crippen LogP contribution < -0.4 is 10.1 Å². The highest BCUT2D eigenvalue weighted by Gasteiger charge is 2.08. The second-order valence-electron chi connectivity index (χ2n) is 4.73. The largest absolute Gasteiger partial charge is 0.456 e. The molecule has 0 saturated carbocycles. The SMILES string of the molecule is CCNCc1ccc(Oc2cc(Cl)ccc2C)c(C#N)c1. The lowest BCUT2D eigenvalue weighted by molar-refractivity contribution is 0.477. The molecule has 4 heteroatoms. The van der Waals surface area contributed by atoms with Crippen LogP contribution in [-0.2, 0) is 6.54 Å². The molecule has 0 heterocycles. The molecule has 0 aromatic heterocycles. The van der Waals surface area contributed by atoms with E-state index in [1.807, 2.05) is 44.2 Å². The molecule has 2 aromatic carbocycles. The molecule has 0 spiro atoms. The van der Waals surface area contributed by atoms with Gasteiger partial charge in [-0.25, -0.2) is 0 Å². The molecule has 3 nitrogen and oxygen atoms in total. The number of ether oxygens (including phenoxy) is 1.